The van der Waals surface area contributed by atoms with E-state index in [0.717, 1.165) is 48.4 Å². The Balaban J connectivity index is 0.00000300. The minimum atomic E-state index is 0. The molecule has 0 unspecified atom stereocenters. The lowest BCUT2D eigenvalue weighted by Gasteiger charge is -2.21. The lowest BCUT2D eigenvalue weighted by molar-refractivity contribution is 0.463. The highest BCUT2D eigenvalue weighted by molar-refractivity contribution is 14.0. The Kier molecular flexibility index (Phi) is 9.69. The van der Waals surface area contributed by atoms with Crippen molar-refractivity contribution in [3.8, 4) is 0 Å². The molecule has 1 aliphatic heterocycles. The highest BCUT2D eigenvalue weighted by atomic mass is 127. The van der Waals surface area contributed by atoms with E-state index in [0.29, 0.717) is 19.0 Å². The molecule has 0 spiro atoms. The van der Waals surface area contributed by atoms with Gasteiger partial charge in [0.1, 0.15) is 11.6 Å². The Morgan fingerprint density at radius 2 is 1.90 bits per heavy atom. The summed E-state index contributed by atoms with van der Waals surface area (Å²) in [6, 6.07) is 4.25. The molecule has 0 aromatic carbocycles. The van der Waals surface area contributed by atoms with Gasteiger partial charge in [0.25, 0.3) is 0 Å². The van der Waals surface area contributed by atoms with Crippen LogP contribution < -0.4 is 15.5 Å². The third-order valence-corrected chi connectivity index (χ3v) is 4.98. The summed E-state index contributed by atoms with van der Waals surface area (Å²) in [4.78, 5) is 16.1. The summed E-state index contributed by atoms with van der Waals surface area (Å²) in [6.45, 7) is 10.0. The summed E-state index contributed by atoms with van der Waals surface area (Å²) in [7, 11) is 0. The van der Waals surface area contributed by atoms with Gasteiger partial charge in [0.05, 0.1) is 18.8 Å². The summed E-state index contributed by atoms with van der Waals surface area (Å²) in [5.74, 6) is 3.35. The van der Waals surface area contributed by atoms with Crippen LogP contribution in [-0.4, -0.2) is 35.6 Å². The number of aromatic nitrogens is 2. The zero-order chi connectivity index (χ0) is 19.8. The summed E-state index contributed by atoms with van der Waals surface area (Å²) in [6.07, 6.45) is 7.12. The van der Waals surface area contributed by atoms with Gasteiger partial charge in [-0.25, -0.2) is 15.0 Å². The number of guanidine groups is 1. The van der Waals surface area contributed by atoms with E-state index in [1.807, 2.05) is 27.0 Å². The Morgan fingerprint density at radius 1 is 1.14 bits per heavy atom. The molecule has 29 heavy (non-hydrogen) atoms. The van der Waals surface area contributed by atoms with Crippen molar-refractivity contribution in [1.82, 2.24) is 20.6 Å². The van der Waals surface area contributed by atoms with E-state index in [1.54, 1.807) is 0 Å². The first-order chi connectivity index (χ1) is 13.7. The number of hydrogen-bond donors (Lipinski definition) is 2. The smallest absolute Gasteiger partial charge is 0.214 e. The maximum atomic E-state index is 5.61. The van der Waals surface area contributed by atoms with Crippen molar-refractivity contribution >= 4 is 35.8 Å². The van der Waals surface area contributed by atoms with Crippen molar-refractivity contribution in [3.05, 3.63) is 41.2 Å². The van der Waals surface area contributed by atoms with E-state index in [9.17, 15) is 0 Å². The molecule has 0 atom stereocenters. The third kappa shape index (κ3) is 7.17. The van der Waals surface area contributed by atoms with Gasteiger partial charge in [-0.2, -0.15) is 0 Å². The zero-order valence-electron chi connectivity index (χ0n) is 17.7. The SMILES string of the molecule is CCNC(=NCc1ccc(N2CCCCCC2)nc1)NCc1nc(C)c(C)o1.I. The predicted molar refractivity (Wildman–Crippen MR) is 128 cm³/mol. The Bertz CT molecular complexity index is 746. The zero-order valence-corrected chi connectivity index (χ0v) is 20.0. The van der Waals surface area contributed by atoms with Gasteiger partial charge in [0.2, 0.25) is 5.89 Å². The van der Waals surface area contributed by atoms with E-state index in [4.69, 9.17) is 4.42 Å². The highest BCUT2D eigenvalue weighted by Gasteiger charge is 2.11. The molecule has 0 saturated carbocycles. The fourth-order valence-corrected chi connectivity index (χ4v) is 3.28. The molecule has 160 valence electrons. The number of aryl methyl sites for hydroxylation is 2. The van der Waals surface area contributed by atoms with Crippen LogP contribution in [-0.2, 0) is 13.1 Å². The van der Waals surface area contributed by atoms with Crippen molar-refractivity contribution in [2.75, 3.05) is 24.5 Å². The fraction of sp³-hybridized carbons (Fsp3) is 0.571. The van der Waals surface area contributed by atoms with Crippen LogP contribution in [0.4, 0.5) is 5.82 Å². The van der Waals surface area contributed by atoms with E-state index in [1.165, 1.54) is 25.7 Å². The summed E-state index contributed by atoms with van der Waals surface area (Å²) in [5.41, 5.74) is 2.02. The molecular weight excluding hydrogens is 479 g/mol. The summed E-state index contributed by atoms with van der Waals surface area (Å²) in [5, 5.41) is 6.53. The second-order valence-electron chi connectivity index (χ2n) is 7.22. The molecule has 3 heterocycles. The first-order valence-corrected chi connectivity index (χ1v) is 10.3. The number of nitrogens with zero attached hydrogens (tertiary/aromatic N) is 4. The van der Waals surface area contributed by atoms with Crippen LogP contribution in [0.15, 0.2) is 27.7 Å². The first kappa shape index (κ1) is 23.4. The van der Waals surface area contributed by atoms with Crippen LogP contribution in [0.3, 0.4) is 0 Å². The van der Waals surface area contributed by atoms with Gasteiger partial charge >= 0.3 is 0 Å². The van der Waals surface area contributed by atoms with Gasteiger partial charge in [-0.3, -0.25) is 0 Å². The highest BCUT2D eigenvalue weighted by Crippen LogP contribution is 2.17. The van der Waals surface area contributed by atoms with Gasteiger partial charge < -0.3 is 20.0 Å². The number of halogens is 1. The molecule has 7 nitrogen and oxygen atoms in total. The molecular formula is C21H33IN6O. The van der Waals surface area contributed by atoms with Crippen molar-refractivity contribution in [1.29, 1.82) is 0 Å². The molecule has 2 aromatic heterocycles. The van der Waals surface area contributed by atoms with Crippen LogP contribution in [0.1, 0.15) is 55.5 Å². The monoisotopic (exact) mass is 512 g/mol. The Hall–Kier alpha value is -1.84. The number of hydrogen-bond acceptors (Lipinski definition) is 5. The van der Waals surface area contributed by atoms with Crippen LogP contribution >= 0.6 is 24.0 Å². The standard InChI is InChI=1S/C21H32N6O.HI/c1-4-22-21(25-15-20-26-16(2)17(3)28-20)24-14-18-9-10-19(23-13-18)27-11-7-5-6-8-12-27;/h9-10,13H,4-8,11-12,14-15H2,1-3H3,(H2,22,24,25);1H. The molecule has 0 amide bonds. The van der Waals surface area contributed by atoms with Gasteiger partial charge in [-0.15, -0.1) is 24.0 Å². The topological polar surface area (TPSA) is 78.6 Å². The maximum Gasteiger partial charge on any atom is 0.214 e. The molecule has 1 fully saturated rings. The molecule has 0 aliphatic carbocycles. The molecule has 0 radical (unpaired) electrons. The molecule has 1 saturated heterocycles. The van der Waals surface area contributed by atoms with Crippen LogP contribution in [0.5, 0.6) is 0 Å². The second kappa shape index (κ2) is 12.0. The summed E-state index contributed by atoms with van der Waals surface area (Å²) >= 11 is 0. The van der Waals surface area contributed by atoms with Gasteiger partial charge in [0, 0.05) is 25.8 Å². The van der Waals surface area contributed by atoms with Crippen LogP contribution in [0.2, 0.25) is 0 Å². The van der Waals surface area contributed by atoms with Gasteiger partial charge in [-0.1, -0.05) is 18.9 Å². The van der Waals surface area contributed by atoms with Crippen molar-refractivity contribution in [2.45, 2.75) is 59.5 Å². The number of pyridine rings is 1. The number of nitrogens with one attached hydrogen (secondary N) is 2. The van der Waals surface area contributed by atoms with E-state index >= 15 is 0 Å². The Labute approximate surface area is 190 Å². The molecule has 8 heteroatoms. The minimum Gasteiger partial charge on any atom is -0.444 e. The van der Waals surface area contributed by atoms with Gasteiger partial charge in [-0.05, 0) is 45.2 Å². The minimum absolute atomic E-state index is 0. The lowest BCUT2D eigenvalue weighted by atomic mass is 10.2. The number of anilines is 1. The van der Waals surface area contributed by atoms with Crippen molar-refractivity contribution in [2.24, 2.45) is 4.99 Å². The average Bonchev–Trinajstić information content (AvgIpc) is 2.90. The summed E-state index contributed by atoms with van der Waals surface area (Å²) < 4.78 is 5.61. The number of aliphatic imine (C=N–C) groups is 1. The fourth-order valence-electron chi connectivity index (χ4n) is 3.28. The second-order valence-corrected chi connectivity index (χ2v) is 7.22. The Morgan fingerprint density at radius 3 is 2.48 bits per heavy atom. The normalized spacial score (nSPS) is 14.9. The van der Waals surface area contributed by atoms with Crippen molar-refractivity contribution < 1.29 is 4.42 Å². The third-order valence-electron chi connectivity index (χ3n) is 4.98. The molecule has 2 aromatic rings. The number of rotatable bonds is 6. The van der Waals surface area contributed by atoms with E-state index in [-0.39, 0.29) is 24.0 Å². The predicted octanol–water partition coefficient (Wildman–Crippen LogP) is 3.94. The molecule has 2 N–H and O–H groups in total. The molecule has 1 aliphatic rings. The average molecular weight is 512 g/mol. The number of oxazole rings is 1. The van der Waals surface area contributed by atoms with E-state index in [2.05, 4.69) is 42.6 Å². The first-order valence-electron chi connectivity index (χ1n) is 10.3. The van der Waals surface area contributed by atoms with E-state index < -0.39 is 0 Å². The lowest BCUT2D eigenvalue weighted by Crippen LogP contribution is -2.36. The van der Waals surface area contributed by atoms with Gasteiger partial charge in [0.15, 0.2) is 5.96 Å². The van der Waals surface area contributed by atoms with Crippen LogP contribution in [0.25, 0.3) is 0 Å². The molecule has 3 rings (SSSR count). The largest absolute Gasteiger partial charge is 0.444 e. The molecule has 0 bridgehead atoms. The quantitative estimate of drug-likeness (QED) is 0.347. The van der Waals surface area contributed by atoms with Crippen LogP contribution in [0, 0.1) is 13.8 Å². The maximum absolute atomic E-state index is 5.61. The van der Waals surface area contributed by atoms with Crippen molar-refractivity contribution in [3.63, 3.8) is 0 Å².